The molecule has 0 bridgehead atoms. The minimum Gasteiger partial charge on any atom is -0.481 e. The van der Waals surface area contributed by atoms with Crippen molar-refractivity contribution >= 4 is 22.3 Å². The molecule has 1 saturated heterocycles. The van der Waals surface area contributed by atoms with Crippen molar-refractivity contribution in [3.8, 4) is 0 Å². The largest absolute Gasteiger partial charge is 0.481 e. The number of nitrogens with one attached hydrogen (secondary N) is 1. The Balaban J connectivity index is 2.74. The maximum Gasteiger partial charge on any atom is 0.422 e. The zero-order valence-electron chi connectivity index (χ0n) is 11.0. The van der Waals surface area contributed by atoms with E-state index in [4.69, 9.17) is 5.11 Å². The standard InChI is InChI=1S/C10H18N2O6S/c1-6(2)18-10(15)11-19(16,17)12-5-4-8(7(12)3)9(13)14/h6-8H,4-5H2,1-3H3,(H,11,15)(H,13,14). The SMILES string of the molecule is CC(C)OC(=O)NS(=O)(=O)N1CCC(C(=O)O)C1C. The van der Waals surface area contributed by atoms with Gasteiger partial charge < -0.3 is 9.84 Å². The number of hydrogen-bond acceptors (Lipinski definition) is 5. The number of carboxylic acids is 1. The van der Waals surface area contributed by atoms with E-state index in [1.807, 2.05) is 0 Å². The van der Waals surface area contributed by atoms with Crippen molar-refractivity contribution in [2.45, 2.75) is 39.3 Å². The molecule has 1 heterocycles. The number of carbonyl (C=O) groups is 2. The van der Waals surface area contributed by atoms with Crippen LogP contribution in [0.2, 0.25) is 0 Å². The minimum atomic E-state index is -4.08. The summed E-state index contributed by atoms with van der Waals surface area (Å²) in [5.74, 6) is -1.81. The van der Waals surface area contributed by atoms with Crippen molar-refractivity contribution < 1.29 is 27.9 Å². The molecule has 2 atom stereocenters. The molecule has 2 N–H and O–H groups in total. The first-order chi connectivity index (χ1) is 8.65. The quantitative estimate of drug-likeness (QED) is 0.763. The summed E-state index contributed by atoms with van der Waals surface area (Å²) in [5.41, 5.74) is 0. The number of aliphatic carboxylic acids is 1. The number of ether oxygens (including phenoxy) is 1. The second-order valence-corrected chi connectivity index (χ2v) is 6.27. The first-order valence-electron chi connectivity index (χ1n) is 5.88. The first-order valence-corrected chi connectivity index (χ1v) is 7.32. The summed E-state index contributed by atoms with van der Waals surface area (Å²) < 4.78 is 31.3. The molecular weight excluding hydrogens is 276 g/mol. The second-order valence-electron chi connectivity index (χ2n) is 4.65. The monoisotopic (exact) mass is 294 g/mol. The van der Waals surface area contributed by atoms with E-state index in [9.17, 15) is 18.0 Å². The highest BCUT2D eigenvalue weighted by molar-refractivity contribution is 7.87. The van der Waals surface area contributed by atoms with Crippen LogP contribution in [0.4, 0.5) is 4.79 Å². The fourth-order valence-corrected chi connectivity index (χ4v) is 3.29. The molecule has 1 fully saturated rings. The third kappa shape index (κ3) is 3.80. The number of hydrogen-bond donors (Lipinski definition) is 2. The molecule has 1 aliphatic heterocycles. The van der Waals surface area contributed by atoms with Crippen molar-refractivity contribution in [2.75, 3.05) is 6.54 Å². The van der Waals surface area contributed by atoms with Crippen LogP contribution in [0.5, 0.6) is 0 Å². The summed E-state index contributed by atoms with van der Waals surface area (Å²) >= 11 is 0. The van der Waals surface area contributed by atoms with Crippen LogP contribution < -0.4 is 4.72 Å². The Morgan fingerprint density at radius 1 is 1.42 bits per heavy atom. The van der Waals surface area contributed by atoms with Crippen LogP contribution in [0.3, 0.4) is 0 Å². The lowest BCUT2D eigenvalue weighted by molar-refractivity contribution is -0.142. The van der Waals surface area contributed by atoms with Gasteiger partial charge in [0.1, 0.15) is 0 Å². The molecule has 0 spiro atoms. The molecule has 9 heteroatoms. The van der Waals surface area contributed by atoms with Crippen molar-refractivity contribution in [3.05, 3.63) is 0 Å². The summed E-state index contributed by atoms with van der Waals surface area (Å²) in [6, 6.07) is -0.707. The van der Waals surface area contributed by atoms with Gasteiger partial charge in [0.2, 0.25) is 0 Å². The molecule has 0 aliphatic carbocycles. The Kier molecular flexibility index (Phi) is 4.75. The lowest BCUT2D eigenvalue weighted by Gasteiger charge is -2.22. The average Bonchev–Trinajstić information content (AvgIpc) is 2.57. The summed E-state index contributed by atoms with van der Waals surface area (Å²) in [6.07, 6.45) is -1.30. The van der Waals surface area contributed by atoms with Crippen LogP contribution in [-0.2, 0) is 19.7 Å². The van der Waals surface area contributed by atoms with Gasteiger partial charge in [-0.15, -0.1) is 0 Å². The molecule has 2 unspecified atom stereocenters. The van der Waals surface area contributed by atoms with Crippen LogP contribution in [-0.4, -0.2) is 48.6 Å². The predicted molar refractivity (Wildman–Crippen MR) is 65.6 cm³/mol. The number of amides is 1. The van der Waals surface area contributed by atoms with Crippen LogP contribution in [0.15, 0.2) is 0 Å². The zero-order chi connectivity index (χ0) is 14.8. The number of nitrogens with zero attached hydrogens (tertiary/aromatic N) is 1. The van der Waals surface area contributed by atoms with Gasteiger partial charge in [-0.05, 0) is 27.2 Å². The summed E-state index contributed by atoms with van der Waals surface area (Å²) in [7, 11) is -4.08. The molecule has 0 radical (unpaired) electrons. The first kappa shape index (κ1) is 15.7. The second kappa shape index (κ2) is 5.74. The molecule has 1 rings (SSSR count). The van der Waals surface area contributed by atoms with E-state index in [1.165, 1.54) is 6.92 Å². The van der Waals surface area contributed by atoms with E-state index >= 15 is 0 Å². The fraction of sp³-hybridized carbons (Fsp3) is 0.800. The van der Waals surface area contributed by atoms with Gasteiger partial charge in [0.15, 0.2) is 0 Å². The molecule has 1 aliphatic rings. The maximum atomic E-state index is 11.9. The molecule has 0 saturated carbocycles. The molecule has 19 heavy (non-hydrogen) atoms. The predicted octanol–water partition coefficient (Wildman–Crippen LogP) is 0.161. The highest BCUT2D eigenvalue weighted by atomic mass is 32.2. The van der Waals surface area contributed by atoms with E-state index in [2.05, 4.69) is 4.74 Å². The molecule has 0 aromatic carbocycles. The van der Waals surface area contributed by atoms with Crippen LogP contribution >= 0.6 is 0 Å². The lowest BCUT2D eigenvalue weighted by atomic mass is 10.0. The smallest absolute Gasteiger partial charge is 0.422 e. The van der Waals surface area contributed by atoms with Gasteiger partial charge in [0, 0.05) is 12.6 Å². The molecule has 110 valence electrons. The van der Waals surface area contributed by atoms with Gasteiger partial charge in [0.05, 0.1) is 12.0 Å². The maximum absolute atomic E-state index is 11.9. The molecular formula is C10H18N2O6S. The summed E-state index contributed by atoms with van der Waals surface area (Å²) in [5, 5.41) is 8.93. The van der Waals surface area contributed by atoms with Gasteiger partial charge in [-0.25, -0.2) is 9.52 Å². The Morgan fingerprint density at radius 2 is 2.00 bits per heavy atom. The van der Waals surface area contributed by atoms with Crippen molar-refractivity contribution in [3.63, 3.8) is 0 Å². The van der Waals surface area contributed by atoms with E-state index < -0.39 is 40.3 Å². The molecule has 0 aromatic rings. The Morgan fingerprint density at radius 3 is 2.42 bits per heavy atom. The zero-order valence-corrected chi connectivity index (χ0v) is 11.8. The van der Waals surface area contributed by atoms with E-state index in [0.29, 0.717) is 0 Å². The van der Waals surface area contributed by atoms with Crippen LogP contribution in [0, 0.1) is 5.92 Å². The van der Waals surface area contributed by atoms with Crippen LogP contribution in [0.25, 0.3) is 0 Å². The normalized spacial score (nSPS) is 24.4. The number of carbonyl (C=O) groups excluding carboxylic acids is 1. The molecule has 8 nitrogen and oxygen atoms in total. The van der Waals surface area contributed by atoms with Gasteiger partial charge in [-0.3, -0.25) is 4.79 Å². The highest BCUT2D eigenvalue weighted by Gasteiger charge is 2.42. The van der Waals surface area contributed by atoms with Gasteiger partial charge in [-0.1, -0.05) is 0 Å². The average molecular weight is 294 g/mol. The van der Waals surface area contributed by atoms with Gasteiger partial charge >= 0.3 is 22.3 Å². The van der Waals surface area contributed by atoms with Crippen LogP contribution in [0.1, 0.15) is 27.2 Å². The van der Waals surface area contributed by atoms with Gasteiger partial charge in [-0.2, -0.15) is 12.7 Å². The van der Waals surface area contributed by atoms with Gasteiger partial charge in [0.25, 0.3) is 0 Å². The number of carboxylic acid groups (broad SMARTS) is 1. The minimum absolute atomic E-state index is 0.0580. The van der Waals surface area contributed by atoms with E-state index in [1.54, 1.807) is 18.6 Å². The lowest BCUT2D eigenvalue weighted by Crippen LogP contribution is -2.46. The molecule has 0 aromatic heterocycles. The van der Waals surface area contributed by atoms with Crippen molar-refractivity contribution in [1.82, 2.24) is 9.03 Å². The Labute approximate surface area is 111 Å². The molecule has 1 amide bonds. The van der Waals surface area contributed by atoms with Crippen molar-refractivity contribution in [2.24, 2.45) is 5.92 Å². The van der Waals surface area contributed by atoms with E-state index in [-0.39, 0.29) is 13.0 Å². The third-order valence-electron chi connectivity index (χ3n) is 2.88. The Hall–Kier alpha value is -1.35. The summed E-state index contributed by atoms with van der Waals surface area (Å²) in [4.78, 5) is 22.2. The fourth-order valence-electron chi connectivity index (χ4n) is 1.98. The highest BCUT2D eigenvalue weighted by Crippen LogP contribution is 2.26. The number of rotatable bonds is 4. The van der Waals surface area contributed by atoms with Crippen molar-refractivity contribution in [1.29, 1.82) is 0 Å². The Bertz CT molecular complexity index is 461. The third-order valence-corrected chi connectivity index (χ3v) is 4.44. The van der Waals surface area contributed by atoms with E-state index in [0.717, 1.165) is 4.31 Å². The summed E-state index contributed by atoms with van der Waals surface area (Å²) in [6.45, 7) is 4.73. The topological polar surface area (TPSA) is 113 Å².